The van der Waals surface area contributed by atoms with Gasteiger partial charge in [-0.15, -0.1) is 0 Å². The van der Waals surface area contributed by atoms with E-state index in [1.807, 2.05) is 25.5 Å². The monoisotopic (exact) mass is 604 g/mol. The Hall–Kier alpha value is -4.39. The number of pyridine rings is 1. The van der Waals surface area contributed by atoms with Gasteiger partial charge in [-0.25, -0.2) is 18.2 Å². The molecule has 230 valence electrons. The van der Waals surface area contributed by atoms with Gasteiger partial charge in [-0.2, -0.15) is 5.10 Å². The highest BCUT2D eigenvalue weighted by Crippen LogP contribution is 2.33. The van der Waals surface area contributed by atoms with Gasteiger partial charge in [-0.05, 0) is 73.5 Å². The van der Waals surface area contributed by atoms with Crippen LogP contribution >= 0.6 is 0 Å². The van der Waals surface area contributed by atoms with Gasteiger partial charge in [0.25, 0.3) is 0 Å². The summed E-state index contributed by atoms with van der Waals surface area (Å²) < 4.78 is 43.6. The van der Waals surface area contributed by atoms with Crippen LogP contribution in [-0.2, 0) is 19.2 Å². The molecule has 44 heavy (non-hydrogen) atoms. The zero-order valence-corrected chi connectivity index (χ0v) is 24.4. The molecule has 0 spiro atoms. The molecule has 12 heteroatoms. The number of aryl methyl sites for hydroxylation is 1. The van der Waals surface area contributed by atoms with Crippen molar-refractivity contribution in [3.63, 3.8) is 0 Å². The lowest BCUT2D eigenvalue weighted by molar-refractivity contribution is -0.00279. The lowest BCUT2D eigenvalue weighted by atomic mass is 9.91. The molecule has 3 heterocycles. The van der Waals surface area contributed by atoms with E-state index in [4.69, 9.17) is 5.73 Å². The number of nitrogens with two attached hydrogens (primary N) is 1. The highest BCUT2D eigenvalue weighted by molar-refractivity contribution is 5.81. The first-order valence-electron chi connectivity index (χ1n) is 14.3. The predicted octanol–water partition coefficient (Wildman–Crippen LogP) is 4.02. The maximum Gasteiger partial charge on any atom is 0.132 e. The Morgan fingerprint density at radius 1 is 1.07 bits per heavy atom. The molecule has 2 aromatic carbocycles. The van der Waals surface area contributed by atoms with Crippen molar-refractivity contribution in [2.45, 2.75) is 31.0 Å². The quantitative estimate of drug-likeness (QED) is 0.176. The van der Waals surface area contributed by atoms with Crippen LogP contribution in [0.25, 0.3) is 22.4 Å². The third-order valence-corrected chi connectivity index (χ3v) is 7.81. The zero-order valence-electron chi connectivity index (χ0n) is 24.4. The summed E-state index contributed by atoms with van der Waals surface area (Å²) in [6, 6.07) is 11.6. The van der Waals surface area contributed by atoms with E-state index >= 15 is 0 Å². The Balaban J connectivity index is 1.24. The topological polar surface area (TPSA) is 117 Å². The molecule has 0 radical (unpaired) electrons. The zero-order chi connectivity index (χ0) is 31.1. The normalized spacial score (nSPS) is 16.2. The molecule has 1 unspecified atom stereocenters. The average molecular weight is 605 g/mol. The van der Waals surface area contributed by atoms with Gasteiger partial charge in [-0.1, -0.05) is 6.07 Å². The molecule has 0 saturated carbocycles. The molecular weight excluding hydrogens is 569 g/mol. The number of nitrogens with zero attached hydrogens (tertiary/aromatic N) is 6. The van der Waals surface area contributed by atoms with Crippen LogP contribution in [0.5, 0.6) is 0 Å². The van der Waals surface area contributed by atoms with Gasteiger partial charge in [0.05, 0.1) is 12.9 Å². The molecule has 1 atom stereocenters. The van der Waals surface area contributed by atoms with Crippen molar-refractivity contribution in [2.75, 3.05) is 26.2 Å². The van der Waals surface area contributed by atoms with Gasteiger partial charge in [0.1, 0.15) is 35.1 Å². The summed E-state index contributed by atoms with van der Waals surface area (Å²) in [6.07, 6.45) is 9.39. The molecule has 9 nitrogen and oxygen atoms in total. The second-order valence-electron chi connectivity index (χ2n) is 10.9. The largest absolute Gasteiger partial charge is 0.390 e. The molecule has 0 bridgehead atoms. The molecular formula is C32H35F3N8O. The number of halogens is 3. The third-order valence-electron chi connectivity index (χ3n) is 7.81. The van der Waals surface area contributed by atoms with E-state index in [0.29, 0.717) is 19.6 Å². The van der Waals surface area contributed by atoms with Crippen LogP contribution < -0.4 is 11.1 Å². The standard InChI is InChI=1S/C32H35F3N8O/c1-42-17-28(31(41-42)22-2-4-24(33)5-3-22)27-8-11-37-15-23(27)16-40-26-9-12-43(13-10-26)19-32(44,18-38-21-39-20-36)29-7-6-25(34)14-30(29)35/h2-8,11,14-15,17,20-21,26,40,44H,9-10,12-13,16,18-19H2,1H3,(H2,36,38,39). The van der Waals surface area contributed by atoms with Crippen LogP contribution in [0.4, 0.5) is 13.2 Å². The Kier molecular flexibility index (Phi) is 9.83. The van der Waals surface area contributed by atoms with E-state index in [2.05, 4.69) is 30.3 Å². The summed E-state index contributed by atoms with van der Waals surface area (Å²) in [5.41, 5.74) is 8.05. The van der Waals surface area contributed by atoms with Gasteiger partial charge in [0.2, 0.25) is 0 Å². The van der Waals surface area contributed by atoms with Crippen molar-refractivity contribution in [3.8, 4) is 22.4 Å². The SMILES string of the molecule is Cn1cc(-c2ccncc2CNC2CCN(CC(O)(CN=CN=CN)c3ccc(F)cc3F)CC2)c(-c2ccc(F)cc2)n1. The highest BCUT2D eigenvalue weighted by atomic mass is 19.1. The smallest absolute Gasteiger partial charge is 0.132 e. The fourth-order valence-electron chi connectivity index (χ4n) is 5.62. The van der Waals surface area contributed by atoms with Crippen molar-refractivity contribution in [1.82, 2.24) is 25.0 Å². The van der Waals surface area contributed by atoms with E-state index in [9.17, 15) is 18.3 Å². The fraction of sp³-hybridized carbons (Fsp3) is 0.312. The number of likely N-dealkylation sites (tertiary alicyclic amines) is 1. The third kappa shape index (κ3) is 7.39. The number of aliphatic imine (C=N–C) groups is 2. The van der Waals surface area contributed by atoms with Crippen LogP contribution in [-0.4, -0.2) is 69.7 Å². The van der Waals surface area contributed by atoms with E-state index in [1.165, 1.54) is 24.5 Å². The number of aromatic nitrogens is 3. The summed E-state index contributed by atoms with van der Waals surface area (Å²) in [5.74, 6) is -1.85. The average Bonchev–Trinajstić information content (AvgIpc) is 3.40. The van der Waals surface area contributed by atoms with Crippen LogP contribution in [0.2, 0.25) is 0 Å². The van der Waals surface area contributed by atoms with Gasteiger partial charge in [0, 0.05) is 67.5 Å². The first-order chi connectivity index (χ1) is 21.3. The van der Waals surface area contributed by atoms with Crippen LogP contribution in [0.1, 0.15) is 24.0 Å². The van der Waals surface area contributed by atoms with E-state index in [0.717, 1.165) is 59.3 Å². The minimum absolute atomic E-state index is 0.0208. The fourth-order valence-corrected chi connectivity index (χ4v) is 5.62. The highest BCUT2D eigenvalue weighted by Gasteiger charge is 2.35. The molecule has 4 aromatic rings. The summed E-state index contributed by atoms with van der Waals surface area (Å²) in [5, 5.41) is 19.8. The molecule has 1 aliphatic heterocycles. The van der Waals surface area contributed by atoms with Crippen molar-refractivity contribution in [2.24, 2.45) is 22.8 Å². The van der Waals surface area contributed by atoms with Gasteiger partial charge >= 0.3 is 0 Å². The molecule has 4 N–H and O–H groups in total. The maximum atomic E-state index is 14.7. The summed E-state index contributed by atoms with van der Waals surface area (Å²) >= 11 is 0. The van der Waals surface area contributed by atoms with Crippen LogP contribution in [0.3, 0.4) is 0 Å². The predicted molar refractivity (Wildman–Crippen MR) is 164 cm³/mol. The number of hydrogen-bond acceptors (Lipinski definition) is 6. The number of piperidine rings is 1. The minimum atomic E-state index is -1.69. The number of nitrogens with one attached hydrogen (secondary N) is 1. The lowest BCUT2D eigenvalue weighted by Gasteiger charge is -2.38. The molecule has 1 fully saturated rings. The second kappa shape index (κ2) is 13.9. The summed E-state index contributed by atoms with van der Waals surface area (Å²) in [4.78, 5) is 14.2. The first-order valence-corrected chi connectivity index (χ1v) is 14.3. The first kappa shape index (κ1) is 31.0. The Morgan fingerprint density at radius 2 is 1.82 bits per heavy atom. The van der Waals surface area contributed by atoms with Crippen LogP contribution in [0, 0.1) is 17.5 Å². The number of β-amino-alcohol motifs (C(OH)–C–C–N with tert-alkyl or cyclic N) is 1. The molecule has 0 amide bonds. The Bertz CT molecular complexity index is 1620. The maximum absolute atomic E-state index is 14.7. The van der Waals surface area contributed by atoms with E-state index in [1.54, 1.807) is 23.0 Å². The number of hydrogen-bond donors (Lipinski definition) is 3. The van der Waals surface area contributed by atoms with Gasteiger partial charge in [0.15, 0.2) is 0 Å². The number of rotatable bonds is 11. The van der Waals surface area contributed by atoms with Crippen molar-refractivity contribution < 1.29 is 18.3 Å². The summed E-state index contributed by atoms with van der Waals surface area (Å²) in [7, 11) is 1.86. The second-order valence-corrected chi connectivity index (χ2v) is 10.9. The molecule has 0 aliphatic carbocycles. The molecule has 2 aromatic heterocycles. The lowest BCUT2D eigenvalue weighted by Crippen LogP contribution is -2.49. The summed E-state index contributed by atoms with van der Waals surface area (Å²) in [6.45, 7) is 1.84. The van der Waals surface area contributed by atoms with Crippen LogP contribution in [0.15, 0.2) is 77.1 Å². The number of aliphatic hydroxyl groups is 1. The van der Waals surface area contributed by atoms with Gasteiger partial charge < -0.3 is 16.2 Å². The van der Waals surface area contributed by atoms with Crippen molar-refractivity contribution in [1.29, 1.82) is 0 Å². The Morgan fingerprint density at radius 3 is 2.55 bits per heavy atom. The molecule has 5 rings (SSSR count). The van der Waals surface area contributed by atoms with Crippen molar-refractivity contribution in [3.05, 3.63) is 95.7 Å². The van der Waals surface area contributed by atoms with E-state index in [-0.39, 0.29) is 30.5 Å². The minimum Gasteiger partial charge on any atom is -0.390 e. The van der Waals surface area contributed by atoms with E-state index < -0.39 is 17.2 Å². The van der Waals surface area contributed by atoms with Crippen molar-refractivity contribution >= 4 is 12.7 Å². The molecule has 1 saturated heterocycles. The molecule has 1 aliphatic rings. The van der Waals surface area contributed by atoms with Gasteiger partial charge in [-0.3, -0.25) is 19.6 Å². The Labute approximate surface area is 254 Å². The number of benzene rings is 2.